The summed E-state index contributed by atoms with van der Waals surface area (Å²) in [4.78, 5) is 51.2. The molecule has 1 aliphatic heterocycles. The van der Waals surface area contributed by atoms with E-state index in [1.165, 1.54) is 20.3 Å². The van der Waals surface area contributed by atoms with Crippen molar-refractivity contribution in [2.75, 3.05) is 0 Å². The average molecular weight is 563 g/mol. The Morgan fingerprint density at radius 1 is 0.800 bits per heavy atom. The zero-order valence-corrected chi connectivity index (χ0v) is 25.2. The quantitative estimate of drug-likeness (QED) is 0.399. The number of carbonyl (C=O) groups is 4. The van der Waals surface area contributed by atoms with Crippen LogP contribution < -0.4 is 0 Å². The minimum atomic E-state index is -2.26. The van der Waals surface area contributed by atoms with Gasteiger partial charge in [-0.05, 0) is 79.4 Å². The van der Waals surface area contributed by atoms with E-state index in [-0.39, 0.29) is 34.5 Å². The Balaban J connectivity index is 1.63. The Morgan fingerprint density at radius 3 is 2.00 bits per heavy atom. The van der Waals surface area contributed by atoms with Crippen molar-refractivity contribution in [3.8, 4) is 0 Å². The van der Waals surface area contributed by atoms with Gasteiger partial charge in [0.25, 0.3) is 0 Å². The van der Waals surface area contributed by atoms with Crippen molar-refractivity contribution in [1.82, 2.24) is 0 Å². The van der Waals surface area contributed by atoms with Gasteiger partial charge in [0.05, 0.1) is 5.41 Å². The Labute approximate surface area is 237 Å². The van der Waals surface area contributed by atoms with Gasteiger partial charge >= 0.3 is 17.9 Å². The van der Waals surface area contributed by atoms with E-state index in [0.717, 1.165) is 32.6 Å². The number of fused-ring (bicyclic) bond motifs is 6. The molecule has 5 aliphatic rings. The average Bonchev–Trinajstić information content (AvgIpc) is 3.07. The van der Waals surface area contributed by atoms with Crippen LogP contribution in [-0.4, -0.2) is 59.0 Å². The number of ketones is 1. The van der Waals surface area contributed by atoms with Crippen molar-refractivity contribution >= 4 is 23.7 Å². The fourth-order valence-electron chi connectivity index (χ4n) is 10.7. The van der Waals surface area contributed by atoms with Crippen LogP contribution >= 0.6 is 0 Å². The molecule has 0 spiro atoms. The molecule has 0 aromatic carbocycles. The SMILES string of the molecule is CC(=O)O[C@@H]1O[C@H]2C[C@H]3[C@]4(C)CC[C@H]5C(C)(C)CCC[C@]5(C)[C@H]4C[C@H](OC(C)=O)[C@]3(C)C(=O)[C@@]2(O)[C@H]1OC(C)=O. The first-order chi connectivity index (χ1) is 18.4. The molecular formula is C31H46O9. The molecule has 1 saturated heterocycles. The number of hydrogen-bond acceptors (Lipinski definition) is 9. The van der Waals surface area contributed by atoms with Gasteiger partial charge in [-0.3, -0.25) is 19.2 Å². The summed E-state index contributed by atoms with van der Waals surface area (Å²) in [6.07, 6.45) is 1.38. The molecule has 0 aromatic heterocycles. The maximum Gasteiger partial charge on any atom is 0.305 e. The van der Waals surface area contributed by atoms with Crippen LogP contribution in [0.25, 0.3) is 0 Å². The summed E-state index contributed by atoms with van der Waals surface area (Å²) in [5.41, 5.74) is -3.62. The van der Waals surface area contributed by atoms with Crippen molar-refractivity contribution in [2.45, 2.75) is 131 Å². The van der Waals surface area contributed by atoms with Gasteiger partial charge in [-0.25, -0.2) is 0 Å². The second-order valence-electron chi connectivity index (χ2n) is 14.7. The first-order valence-corrected chi connectivity index (χ1v) is 14.9. The maximum atomic E-state index is 14.7. The van der Waals surface area contributed by atoms with E-state index in [9.17, 15) is 24.3 Å². The van der Waals surface area contributed by atoms with Crippen molar-refractivity contribution in [1.29, 1.82) is 0 Å². The molecule has 0 bridgehead atoms. The molecule has 0 radical (unpaired) electrons. The van der Waals surface area contributed by atoms with Crippen LogP contribution in [0.1, 0.15) is 100 Å². The fraction of sp³-hybridized carbons (Fsp3) is 0.871. The topological polar surface area (TPSA) is 125 Å². The lowest BCUT2D eigenvalue weighted by Gasteiger charge is -2.70. The number of carbonyl (C=O) groups excluding carboxylic acids is 4. The van der Waals surface area contributed by atoms with Crippen LogP contribution in [0.2, 0.25) is 0 Å². The minimum absolute atomic E-state index is 0.00234. The van der Waals surface area contributed by atoms with Gasteiger partial charge in [0, 0.05) is 20.8 Å². The van der Waals surface area contributed by atoms with Gasteiger partial charge in [-0.15, -0.1) is 0 Å². The first-order valence-electron chi connectivity index (χ1n) is 14.9. The van der Waals surface area contributed by atoms with Crippen LogP contribution in [0, 0.1) is 39.4 Å². The van der Waals surface area contributed by atoms with E-state index in [2.05, 4.69) is 27.7 Å². The predicted molar refractivity (Wildman–Crippen MR) is 142 cm³/mol. The molecule has 4 saturated carbocycles. The summed E-state index contributed by atoms with van der Waals surface area (Å²) in [5.74, 6) is -2.06. The highest BCUT2D eigenvalue weighted by Crippen LogP contribution is 2.73. The van der Waals surface area contributed by atoms with Gasteiger partial charge in [-0.1, -0.05) is 34.1 Å². The summed E-state index contributed by atoms with van der Waals surface area (Å²) < 4.78 is 22.8. The Hall–Kier alpha value is -2.00. The summed E-state index contributed by atoms with van der Waals surface area (Å²) >= 11 is 0. The number of ether oxygens (including phenoxy) is 4. The van der Waals surface area contributed by atoms with E-state index < -0.39 is 59.3 Å². The van der Waals surface area contributed by atoms with E-state index in [1.807, 2.05) is 0 Å². The standard InChI is InChI=1S/C31H46O9/c1-16(32)37-22-14-20-28(6)12-9-11-27(4,5)19(28)10-13-29(20,7)21-15-23-31(36,26(35)30(21,22)8)24(38-17(2)33)25(40-23)39-18(3)34/h19-25,36H,9-15H2,1-8H3/t19-,20+,21-,22-,23-,24-,25+,28-,29+,30+,31-/m0/s1. The highest BCUT2D eigenvalue weighted by molar-refractivity contribution is 5.96. The number of esters is 3. The van der Waals surface area contributed by atoms with Gasteiger partial charge in [0.1, 0.15) is 12.2 Å². The van der Waals surface area contributed by atoms with Gasteiger partial charge in [0.15, 0.2) is 11.4 Å². The molecule has 4 aliphatic carbocycles. The molecule has 40 heavy (non-hydrogen) atoms. The third-order valence-corrected chi connectivity index (χ3v) is 12.1. The van der Waals surface area contributed by atoms with Gasteiger partial charge < -0.3 is 24.1 Å². The maximum absolute atomic E-state index is 14.7. The molecule has 9 nitrogen and oxygen atoms in total. The fourth-order valence-corrected chi connectivity index (χ4v) is 10.7. The first kappa shape index (κ1) is 29.5. The minimum Gasteiger partial charge on any atom is -0.461 e. The van der Waals surface area contributed by atoms with Crippen molar-refractivity contribution < 1.29 is 43.2 Å². The summed E-state index contributed by atoms with van der Waals surface area (Å²) in [5, 5.41) is 12.1. The van der Waals surface area contributed by atoms with Crippen molar-refractivity contribution in [3.05, 3.63) is 0 Å². The molecular weight excluding hydrogens is 516 g/mol. The molecule has 9 heteroatoms. The van der Waals surface area contributed by atoms with E-state index >= 15 is 0 Å². The normalized spacial score (nSPS) is 49.0. The smallest absolute Gasteiger partial charge is 0.305 e. The molecule has 11 atom stereocenters. The second kappa shape index (κ2) is 9.25. The molecule has 0 aromatic rings. The molecule has 1 heterocycles. The lowest BCUT2D eigenvalue weighted by atomic mass is 9.34. The Kier molecular flexibility index (Phi) is 6.82. The third-order valence-electron chi connectivity index (χ3n) is 12.1. The van der Waals surface area contributed by atoms with Crippen molar-refractivity contribution in [3.63, 3.8) is 0 Å². The van der Waals surface area contributed by atoms with Gasteiger partial charge in [0.2, 0.25) is 12.4 Å². The summed E-state index contributed by atoms with van der Waals surface area (Å²) in [6, 6.07) is 0. The number of Topliss-reactive ketones (excluding diaryl/α,β-unsaturated/α-hetero) is 1. The predicted octanol–water partition coefficient (Wildman–Crippen LogP) is 4.12. The van der Waals surface area contributed by atoms with Crippen molar-refractivity contribution in [2.24, 2.45) is 39.4 Å². The molecule has 0 unspecified atom stereocenters. The van der Waals surface area contributed by atoms with Gasteiger partial charge in [-0.2, -0.15) is 0 Å². The number of rotatable bonds is 3. The largest absolute Gasteiger partial charge is 0.461 e. The Morgan fingerprint density at radius 2 is 1.40 bits per heavy atom. The highest BCUT2D eigenvalue weighted by atomic mass is 16.7. The third kappa shape index (κ3) is 3.92. The van der Waals surface area contributed by atoms with Crippen LogP contribution in [-0.2, 0) is 38.1 Å². The Bertz CT molecular complexity index is 1120. The zero-order chi connectivity index (χ0) is 29.6. The molecule has 5 fully saturated rings. The molecule has 0 amide bonds. The van der Waals surface area contributed by atoms with E-state index in [0.29, 0.717) is 12.3 Å². The monoisotopic (exact) mass is 562 g/mol. The molecule has 224 valence electrons. The summed E-state index contributed by atoms with van der Waals surface area (Å²) in [7, 11) is 0. The van der Waals surface area contributed by atoms with Crippen LogP contribution in [0.15, 0.2) is 0 Å². The lowest BCUT2D eigenvalue weighted by molar-refractivity contribution is -0.254. The lowest BCUT2D eigenvalue weighted by Crippen LogP contribution is -2.74. The summed E-state index contributed by atoms with van der Waals surface area (Å²) in [6.45, 7) is 14.9. The van der Waals surface area contributed by atoms with E-state index in [4.69, 9.17) is 18.9 Å². The van der Waals surface area contributed by atoms with Crippen LogP contribution in [0.3, 0.4) is 0 Å². The zero-order valence-electron chi connectivity index (χ0n) is 25.2. The van der Waals surface area contributed by atoms with Crippen LogP contribution in [0.4, 0.5) is 0 Å². The number of hydrogen-bond donors (Lipinski definition) is 1. The number of aliphatic hydroxyl groups is 1. The van der Waals surface area contributed by atoms with Crippen LogP contribution in [0.5, 0.6) is 0 Å². The van der Waals surface area contributed by atoms with E-state index in [1.54, 1.807) is 6.92 Å². The highest BCUT2D eigenvalue weighted by Gasteiger charge is 2.77. The molecule has 5 rings (SSSR count). The second-order valence-corrected chi connectivity index (χ2v) is 14.7. The molecule has 1 N–H and O–H groups in total.